The van der Waals surface area contributed by atoms with E-state index in [1.54, 1.807) is 28.8 Å². The van der Waals surface area contributed by atoms with Crippen LogP contribution in [0.25, 0.3) is 5.69 Å². The van der Waals surface area contributed by atoms with Gasteiger partial charge in [0.25, 0.3) is 0 Å². The van der Waals surface area contributed by atoms with Crippen molar-refractivity contribution >= 4 is 17.6 Å². The number of carboxylic acid groups (broad SMARTS) is 1. The lowest BCUT2D eigenvalue weighted by Crippen LogP contribution is -2.25. The molecule has 2 N–H and O–H groups in total. The van der Waals surface area contributed by atoms with Crippen molar-refractivity contribution in [2.75, 3.05) is 12.1 Å². The SMILES string of the molecule is O=C1C[C@H](c2ccc3c(c2)OCO3)c2c(c(C(=O)O)cn2-c2cccc(F)c2)N1. The molecule has 7 nitrogen and oxygen atoms in total. The summed E-state index contributed by atoms with van der Waals surface area (Å²) in [6.07, 6.45) is 1.53. The number of hydrogen-bond donors (Lipinski definition) is 2. The summed E-state index contributed by atoms with van der Waals surface area (Å²) < 4.78 is 26.3. The molecule has 0 saturated heterocycles. The van der Waals surface area contributed by atoms with E-state index in [2.05, 4.69) is 5.32 Å². The molecule has 1 atom stereocenters. The zero-order valence-electron chi connectivity index (χ0n) is 15.0. The van der Waals surface area contributed by atoms with Crippen LogP contribution in [0.1, 0.15) is 34.0 Å². The van der Waals surface area contributed by atoms with Gasteiger partial charge in [0.05, 0.1) is 11.4 Å². The number of benzene rings is 2. The first-order valence-electron chi connectivity index (χ1n) is 8.95. The Morgan fingerprint density at radius 2 is 2.00 bits per heavy atom. The maximum atomic E-state index is 13.9. The van der Waals surface area contributed by atoms with Gasteiger partial charge in [-0.1, -0.05) is 12.1 Å². The molecule has 8 heteroatoms. The van der Waals surface area contributed by atoms with Crippen LogP contribution in [0.2, 0.25) is 0 Å². The molecular weight excluding hydrogens is 379 g/mol. The van der Waals surface area contributed by atoms with Crippen LogP contribution < -0.4 is 14.8 Å². The predicted molar refractivity (Wildman–Crippen MR) is 100 cm³/mol. The number of carbonyl (C=O) groups is 2. The summed E-state index contributed by atoms with van der Waals surface area (Å²) in [5.41, 5.74) is 1.99. The molecule has 2 aliphatic rings. The van der Waals surface area contributed by atoms with Gasteiger partial charge in [-0.25, -0.2) is 9.18 Å². The zero-order valence-corrected chi connectivity index (χ0v) is 15.0. The lowest BCUT2D eigenvalue weighted by atomic mass is 9.88. The van der Waals surface area contributed by atoms with Crippen molar-refractivity contribution in [3.05, 3.63) is 71.3 Å². The molecule has 0 unspecified atom stereocenters. The first kappa shape index (κ1) is 17.3. The Morgan fingerprint density at radius 1 is 1.17 bits per heavy atom. The normalized spacial score (nSPS) is 17.0. The minimum absolute atomic E-state index is 0.0527. The Kier molecular flexibility index (Phi) is 3.80. The van der Waals surface area contributed by atoms with Gasteiger partial charge in [0.1, 0.15) is 11.4 Å². The van der Waals surface area contributed by atoms with Gasteiger partial charge >= 0.3 is 5.97 Å². The highest BCUT2D eigenvalue weighted by atomic mass is 19.1. The third-order valence-electron chi connectivity index (χ3n) is 5.14. The van der Waals surface area contributed by atoms with Gasteiger partial charge in [0, 0.05) is 24.2 Å². The molecule has 2 aromatic carbocycles. The van der Waals surface area contributed by atoms with E-state index >= 15 is 0 Å². The number of amides is 1. The van der Waals surface area contributed by atoms with Crippen LogP contribution in [-0.2, 0) is 4.79 Å². The number of hydrogen-bond acceptors (Lipinski definition) is 4. The summed E-state index contributed by atoms with van der Waals surface area (Å²) in [5, 5.41) is 12.3. The molecule has 0 radical (unpaired) electrons. The van der Waals surface area contributed by atoms with E-state index in [0.29, 0.717) is 22.9 Å². The van der Waals surface area contributed by atoms with Crippen LogP contribution in [0, 0.1) is 5.82 Å². The third-order valence-corrected chi connectivity index (χ3v) is 5.14. The number of aromatic carboxylic acids is 1. The van der Waals surface area contributed by atoms with Gasteiger partial charge in [0.2, 0.25) is 12.7 Å². The summed E-state index contributed by atoms with van der Waals surface area (Å²) in [6.45, 7) is 0.123. The Labute approximate surface area is 164 Å². The van der Waals surface area contributed by atoms with Crippen LogP contribution >= 0.6 is 0 Å². The van der Waals surface area contributed by atoms with Gasteiger partial charge in [-0.2, -0.15) is 0 Å². The van der Waals surface area contributed by atoms with Crippen molar-refractivity contribution < 1.29 is 28.6 Å². The van der Waals surface area contributed by atoms with Crippen molar-refractivity contribution in [2.24, 2.45) is 0 Å². The molecule has 146 valence electrons. The molecule has 0 spiro atoms. The molecule has 0 fully saturated rings. The van der Waals surface area contributed by atoms with Crippen LogP contribution in [-0.4, -0.2) is 28.3 Å². The minimum Gasteiger partial charge on any atom is -0.478 e. The molecule has 1 amide bonds. The summed E-state index contributed by atoms with van der Waals surface area (Å²) in [7, 11) is 0. The third kappa shape index (κ3) is 2.80. The second-order valence-electron chi connectivity index (χ2n) is 6.88. The van der Waals surface area contributed by atoms with Crippen molar-refractivity contribution in [1.82, 2.24) is 4.57 Å². The molecule has 0 aliphatic carbocycles. The number of aromatic nitrogens is 1. The number of ether oxygens (including phenoxy) is 2. The Hall–Kier alpha value is -3.81. The predicted octanol–water partition coefficient (Wildman–Crippen LogP) is 3.52. The summed E-state index contributed by atoms with van der Waals surface area (Å²) in [5.74, 6) is -1.17. The largest absolute Gasteiger partial charge is 0.478 e. The Morgan fingerprint density at radius 3 is 2.79 bits per heavy atom. The molecule has 3 heterocycles. The molecule has 29 heavy (non-hydrogen) atoms. The second kappa shape index (κ2) is 6.37. The van der Waals surface area contributed by atoms with E-state index in [1.807, 2.05) is 6.07 Å². The lowest BCUT2D eigenvalue weighted by Gasteiger charge is -2.26. The van der Waals surface area contributed by atoms with E-state index < -0.39 is 17.7 Å². The Balaban J connectivity index is 1.73. The van der Waals surface area contributed by atoms with Gasteiger partial charge in [0.15, 0.2) is 11.5 Å². The second-order valence-corrected chi connectivity index (χ2v) is 6.88. The number of anilines is 1. The molecule has 5 rings (SSSR count). The smallest absolute Gasteiger partial charge is 0.339 e. The molecule has 0 bridgehead atoms. The van der Waals surface area contributed by atoms with Gasteiger partial charge in [-0.3, -0.25) is 4.79 Å². The van der Waals surface area contributed by atoms with Crippen LogP contribution in [0.3, 0.4) is 0 Å². The summed E-state index contributed by atoms with van der Waals surface area (Å²) in [6, 6.07) is 11.2. The fraction of sp³-hybridized carbons (Fsp3) is 0.143. The highest BCUT2D eigenvalue weighted by Gasteiger charge is 2.35. The van der Waals surface area contributed by atoms with Crippen LogP contribution in [0.4, 0.5) is 10.1 Å². The topological polar surface area (TPSA) is 89.8 Å². The van der Waals surface area contributed by atoms with Crippen LogP contribution in [0.15, 0.2) is 48.7 Å². The van der Waals surface area contributed by atoms with E-state index in [4.69, 9.17) is 9.47 Å². The first-order valence-corrected chi connectivity index (χ1v) is 8.95. The van der Waals surface area contributed by atoms with Gasteiger partial charge < -0.3 is 24.5 Å². The average Bonchev–Trinajstić information content (AvgIpc) is 3.31. The quantitative estimate of drug-likeness (QED) is 0.710. The summed E-state index contributed by atoms with van der Waals surface area (Å²) >= 11 is 0. The van der Waals surface area contributed by atoms with E-state index in [0.717, 1.165) is 5.56 Å². The van der Waals surface area contributed by atoms with Gasteiger partial charge in [-0.15, -0.1) is 0 Å². The standard InChI is InChI=1S/C21H15FN2O5/c22-12-2-1-3-13(7-12)24-9-15(21(26)27)19-20(24)14(8-18(25)23-19)11-4-5-16-17(6-11)29-10-28-16/h1-7,9,14H,8,10H2,(H,23,25)(H,26,27)/t14-/m1/s1. The maximum absolute atomic E-state index is 13.9. The lowest BCUT2D eigenvalue weighted by molar-refractivity contribution is -0.116. The van der Waals surface area contributed by atoms with Gasteiger partial charge in [-0.05, 0) is 35.9 Å². The molecule has 0 saturated carbocycles. The molecule has 3 aromatic rings. The highest BCUT2D eigenvalue weighted by molar-refractivity contribution is 6.04. The van der Waals surface area contributed by atoms with Crippen molar-refractivity contribution in [3.8, 4) is 17.2 Å². The number of nitrogens with zero attached hydrogens (tertiary/aromatic N) is 1. The van der Waals surface area contributed by atoms with Crippen LogP contribution in [0.5, 0.6) is 11.5 Å². The maximum Gasteiger partial charge on any atom is 0.339 e. The average molecular weight is 394 g/mol. The van der Waals surface area contributed by atoms with E-state index in [9.17, 15) is 19.1 Å². The number of carboxylic acids is 1. The van der Waals surface area contributed by atoms with Crippen molar-refractivity contribution in [1.29, 1.82) is 0 Å². The zero-order chi connectivity index (χ0) is 20.1. The fourth-order valence-corrected chi connectivity index (χ4v) is 3.87. The van der Waals surface area contributed by atoms with Crippen molar-refractivity contribution in [3.63, 3.8) is 0 Å². The van der Waals surface area contributed by atoms with Crippen molar-refractivity contribution in [2.45, 2.75) is 12.3 Å². The number of halogens is 1. The molecule has 1 aromatic heterocycles. The fourth-order valence-electron chi connectivity index (χ4n) is 3.87. The number of carbonyl (C=O) groups excluding carboxylic acids is 1. The monoisotopic (exact) mass is 394 g/mol. The first-order chi connectivity index (χ1) is 14.0. The number of nitrogens with one attached hydrogen (secondary N) is 1. The van der Waals surface area contributed by atoms with E-state index in [-0.39, 0.29) is 30.4 Å². The Bertz CT molecular complexity index is 1170. The molecule has 2 aliphatic heterocycles. The molecular formula is C21H15FN2O5. The number of fused-ring (bicyclic) bond motifs is 2. The number of rotatable bonds is 3. The van der Waals surface area contributed by atoms with E-state index in [1.165, 1.54) is 18.3 Å². The minimum atomic E-state index is -1.18. The highest BCUT2D eigenvalue weighted by Crippen LogP contribution is 2.44. The summed E-state index contributed by atoms with van der Waals surface area (Å²) in [4.78, 5) is 24.2.